The third kappa shape index (κ3) is 2.94. The smallest absolute Gasteiger partial charge is 0.161 e. The van der Waals surface area contributed by atoms with E-state index in [0.717, 1.165) is 33.5 Å². The number of hydrogen-bond acceptors (Lipinski definition) is 3. The van der Waals surface area contributed by atoms with Crippen LogP contribution in [0.2, 0.25) is 0 Å². The van der Waals surface area contributed by atoms with E-state index in [2.05, 4.69) is 91.0 Å². The molecule has 154 valence electrons. The van der Waals surface area contributed by atoms with E-state index in [-0.39, 0.29) is 0 Å². The van der Waals surface area contributed by atoms with Gasteiger partial charge in [-0.2, -0.15) is 0 Å². The molecule has 0 saturated heterocycles. The first-order chi connectivity index (χ1) is 16.3. The maximum absolute atomic E-state index is 5.11. The van der Waals surface area contributed by atoms with E-state index >= 15 is 0 Å². The molecule has 7 rings (SSSR count). The molecule has 3 heteroatoms. The Kier molecular flexibility index (Phi) is 4.05. The Hall–Kier alpha value is -4.08. The lowest BCUT2D eigenvalue weighted by Crippen LogP contribution is -1.95. The Bertz CT molecular complexity index is 1820. The summed E-state index contributed by atoms with van der Waals surface area (Å²) in [6.07, 6.45) is 0. The zero-order chi connectivity index (χ0) is 21.8. The first-order valence-corrected chi connectivity index (χ1v) is 11.8. The molecule has 0 fully saturated rings. The molecule has 0 aliphatic heterocycles. The molecule has 0 spiro atoms. The standard InChI is InChI=1S/C30H18N2S/c1-2-9-19(10-3-1)29-23-13-4-6-15-26(23)31-30(32-29)22-14-8-11-20-17-25-21-12-5-7-16-27(21)33-28(25)18-24(20)22/h1-18H. The quantitative estimate of drug-likeness (QED) is 0.270. The van der Waals surface area contributed by atoms with Crippen LogP contribution < -0.4 is 0 Å². The highest BCUT2D eigenvalue weighted by Crippen LogP contribution is 2.39. The Morgan fingerprint density at radius 1 is 0.515 bits per heavy atom. The first-order valence-electron chi connectivity index (χ1n) is 11.0. The molecule has 0 N–H and O–H groups in total. The van der Waals surface area contributed by atoms with Gasteiger partial charge in [0.2, 0.25) is 0 Å². The fraction of sp³-hybridized carbons (Fsp3) is 0. The van der Waals surface area contributed by atoms with E-state index in [4.69, 9.17) is 9.97 Å². The highest BCUT2D eigenvalue weighted by atomic mass is 32.1. The van der Waals surface area contributed by atoms with Crippen molar-refractivity contribution in [3.8, 4) is 22.6 Å². The van der Waals surface area contributed by atoms with Gasteiger partial charge in [-0.3, -0.25) is 0 Å². The van der Waals surface area contributed by atoms with Crippen LogP contribution in [-0.2, 0) is 0 Å². The van der Waals surface area contributed by atoms with Gasteiger partial charge in [-0.25, -0.2) is 9.97 Å². The van der Waals surface area contributed by atoms with Gasteiger partial charge in [0, 0.05) is 36.7 Å². The van der Waals surface area contributed by atoms with E-state index in [9.17, 15) is 0 Å². The normalized spacial score (nSPS) is 11.6. The molecular weight excluding hydrogens is 420 g/mol. The van der Waals surface area contributed by atoms with Crippen LogP contribution >= 0.6 is 11.3 Å². The number of thiophene rings is 1. The summed E-state index contributed by atoms with van der Waals surface area (Å²) in [5, 5.41) is 6.09. The molecule has 2 aromatic heterocycles. The number of nitrogens with zero attached hydrogens (tertiary/aromatic N) is 2. The second-order valence-electron chi connectivity index (χ2n) is 8.25. The molecule has 0 aliphatic carbocycles. The summed E-state index contributed by atoms with van der Waals surface area (Å²) in [5.74, 6) is 0.763. The number of aromatic nitrogens is 2. The molecule has 2 nitrogen and oxygen atoms in total. The maximum atomic E-state index is 5.11. The topological polar surface area (TPSA) is 25.8 Å². The van der Waals surface area contributed by atoms with Crippen molar-refractivity contribution in [3.63, 3.8) is 0 Å². The average Bonchev–Trinajstić information content (AvgIpc) is 3.24. The van der Waals surface area contributed by atoms with Crippen molar-refractivity contribution in [2.45, 2.75) is 0 Å². The Balaban J connectivity index is 1.53. The molecule has 0 radical (unpaired) electrons. The van der Waals surface area contributed by atoms with Crippen LogP contribution in [0, 0.1) is 0 Å². The number of rotatable bonds is 2. The van der Waals surface area contributed by atoms with Gasteiger partial charge in [0.1, 0.15) is 0 Å². The lowest BCUT2D eigenvalue weighted by Gasteiger charge is -2.11. The van der Waals surface area contributed by atoms with Gasteiger partial charge in [-0.15, -0.1) is 11.3 Å². The van der Waals surface area contributed by atoms with E-state index in [1.54, 1.807) is 0 Å². The monoisotopic (exact) mass is 438 g/mol. The zero-order valence-electron chi connectivity index (χ0n) is 17.7. The highest BCUT2D eigenvalue weighted by molar-refractivity contribution is 7.25. The van der Waals surface area contributed by atoms with Crippen LogP contribution in [0.1, 0.15) is 0 Å². The molecule has 0 unspecified atom stereocenters. The molecule has 0 aliphatic rings. The SMILES string of the molecule is c1ccc(-c2nc(-c3cccc4cc5c(cc34)sc3ccccc35)nc3ccccc23)cc1. The zero-order valence-corrected chi connectivity index (χ0v) is 18.5. The van der Waals surface area contributed by atoms with Gasteiger partial charge < -0.3 is 0 Å². The fourth-order valence-electron chi connectivity index (χ4n) is 4.71. The summed E-state index contributed by atoms with van der Waals surface area (Å²) in [7, 11) is 0. The van der Waals surface area contributed by atoms with Crippen molar-refractivity contribution >= 4 is 53.2 Å². The van der Waals surface area contributed by atoms with Crippen LogP contribution in [0.25, 0.3) is 64.5 Å². The van der Waals surface area contributed by atoms with Crippen molar-refractivity contribution in [2.24, 2.45) is 0 Å². The van der Waals surface area contributed by atoms with Gasteiger partial charge in [-0.1, -0.05) is 84.9 Å². The predicted molar refractivity (Wildman–Crippen MR) is 141 cm³/mol. The molecule has 2 heterocycles. The Morgan fingerprint density at radius 2 is 1.30 bits per heavy atom. The van der Waals surface area contributed by atoms with Gasteiger partial charge in [0.05, 0.1) is 11.2 Å². The van der Waals surface area contributed by atoms with Crippen LogP contribution in [0.5, 0.6) is 0 Å². The van der Waals surface area contributed by atoms with Crippen LogP contribution in [0.15, 0.2) is 109 Å². The van der Waals surface area contributed by atoms with E-state index in [1.807, 2.05) is 29.5 Å². The van der Waals surface area contributed by atoms with Crippen molar-refractivity contribution in [3.05, 3.63) is 109 Å². The second kappa shape index (κ2) is 7.22. The third-order valence-corrected chi connectivity index (χ3v) is 7.40. The molecule has 0 saturated carbocycles. The molecule has 0 amide bonds. The Labute approximate surface area is 194 Å². The number of benzene rings is 5. The van der Waals surface area contributed by atoms with Gasteiger partial charge in [0.25, 0.3) is 0 Å². The van der Waals surface area contributed by atoms with Crippen molar-refractivity contribution in [2.75, 3.05) is 0 Å². The fourth-order valence-corrected chi connectivity index (χ4v) is 5.83. The van der Waals surface area contributed by atoms with E-state index < -0.39 is 0 Å². The molecule has 33 heavy (non-hydrogen) atoms. The lowest BCUT2D eigenvalue weighted by atomic mass is 10.0. The highest BCUT2D eigenvalue weighted by Gasteiger charge is 2.14. The minimum atomic E-state index is 0.763. The van der Waals surface area contributed by atoms with Crippen LogP contribution in [-0.4, -0.2) is 9.97 Å². The minimum absolute atomic E-state index is 0.763. The minimum Gasteiger partial charge on any atom is -0.228 e. The van der Waals surface area contributed by atoms with Crippen molar-refractivity contribution in [1.82, 2.24) is 9.97 Å². The van der Waals surface area contributed by atoms with Crippen molar-refractivity contribution < 1.29 is 0 Å². The van der Waals surface area contributed by atoms with E-state index in [1.165, 1.54) is 30.9 Å². The largest absolute Gasteiger partial charge is 0.228 e. The summed E-state index contributed by atoms with van der Waals surface area (Å²) >= 11 is 1.84. The molecule has 5 aromatic carbocycles. The Morgan fingerprint density at radius 3 is 2.21 bits per heavy atom. The second-order valence-corrected chi connectivity index (χ2v) is 9.34. The van der Waals surface area contributed by atoms with E-state index in [0.29, 0.717) is 0 Å². The summed E-state index contributed by atoms with van der Waals surface area (Å²) in [6.45, 7) is 0. The van der Waals surface area contributed by atoms with Gasteiger partial charge >= 0.3 is 0 Å². The molecule has 0 bridgehead atoms. The average molecular weight is 439 g/mol. The summed E-state index contributed by atoms with van der Waals surface area (Å²) < 4.78 is 2.61. The van der Waals surface area contributed by atoms with Gasteiger partial charge in [0.15, 0.2) is 5.82 Å². The molecule has 7 aromatic rings. The summed E-state index contributed by atoms with van der Waals surface area (Å²) in [4.78, 5) is 10.1. The molecular formula is C30H18N2S. The predicted octanol–water partition coefficient (Wildman–Crippen LogP) is 8.48. The van der Waals surface area contributed by atoms with Crippen LogP contribution in [0.4, 0.5) is 0 Å². The lowest BCUT2D eigenvalue weighted by molar-refractivity contribution is 1.23. The van der Waals surface area contributed by atoms with Crippen molar-refractivity contribution in [1.29, 1.82) is 0 Å². The van der Waals surface area contributed by atoms with Gasteiger partial charge in [-0.05, 0) is 35.0 Å². The number of hydrogen-bond donors (Lipinski definition) is 0. The maximum Gasteiger partial charge on any atom is 0.161 e. The van der Waals surface area contributed by atoms with Crippen LogP contribution in [0.3, 0.4) is 0 Å². The molecule has 0 atom stereocenters. The number of para-hydroxylation sites is 1. The summed E-state index contributed by atoms with van der Waals surface area (Å²) in [6, 6.07) is 38.3. The third-order valence-electron chi connectivity index (χ3n) is 6.27. The number of fused-ring (bicyclic) bond motifs is 5. The first kappa shape index (κ1) is 18.5. The summed E-state index contributed by atoms with van der Waals surface area (Å²) in [5.41, 5.74) is 4.09.